The summed E-state index contributed by atoms with van der Waals surface area (Å²) in [6, 6.07) is 7.78. The summed E-state index contributed by atoms with van der Waals surface area (Å²) in [7, 11) is 0. The van der Waals surface area contributed by atoms with E-state index in [1.807, 2.05) is 24.3 Å². The molecule has 0 spiro atoms. The number of hydrogen-bond donors (Lipinski definition) is 2. The molecule has 1 aromatic rings. The third-order valence-electron chi connectivity index (χ3n) is 2.90. The lowest BCUT2D eigenvalue weighted by Gasteiger charge is -2.19. The van der Waals surface area contributed by atoms with E-state index >= 15 is 0 Å². The highest BCUT2D eigenvalue weighted by atomic mass is 35.5. The average Bonchev–Trinajstić information content (AvgIpc) is 2.37. The molecule has 0 aliphatic carbocycles. The minimum absolute atomic E-state index is 0. The zero-order valence-electron chi connectivity index (χ0n) is 12.4. The van der Waals surface area contributed by atoms with E-state index in [2.05, 4.69) is 26.1 Å². The molecular formula is C15H25ClN2OS. The minimum Gasteiger partial charge on any atom is -0.399 e. The molecule has 1 amide bonds. The predicted molar refractivity (Wildman–Crippen MR) is 91.6 cm³/mol. The zero-order chi connectivity index (χ0) is 14.3. The van der Waals surface area contributed by atoms with Gasteiger partial charge in [-0.05, 0) is 35.8 Å². The third-order valence-corrected chi connectivity index (χ3v) is 4.35. The largest absolute Gasteiger partial charge is 0.399 e. The van der Waals surface area contributed by atoms with E-state index in [9.17, 15) is 4.79 Å². The van der Waals surface area contributed by atoms with Crippen molar-refractivity contribution in [1.82, 2.24) is 5.32 Å². The van der Waals surface area contributed by atoms with Crippen LogP contribution in [0.15, 0.2) is 24.3 Å². The Morgan fingerprint density at radius 1 is 1.30 bits per heavy atom. The molecule has 1 rings (SSSR count). The van der Waals surface area contributed by atoms with Crippen LogP contribution in [0.3, 0.4) is 0 Å². The highest BCUT2D eigenvalue weighted by molar-refractivity contribution is 8.00. The molecule has 0 saturated heterocycles. The van der Waals surface area contributed by atoms with E-state index in [0.717, 1.165) is 17.9 Å². The summed E-state index contributed by atoms with van der Waals surface area (Å²) in [4.78, 5) is 12.1. The number of thioether (sulfide) groups is 1. The maximum atomic E-state index is 12.1. The molecular weight excluding hydrogens is 292 g/mol. The summed E-state index contributed by atoms with van der Waals surface area (Å²) in [6.45, 7) is 6.94. The van der Waals surface area contributed by atoms with Gasteiger partial charge in [-0.1, -0.05) is 32.9 Å². The smallest absolute Gasteiger partial charge is 0.233 e. The first-order valence-electron chi connectivity index (χ1n) is 6.78. The number of rotatable bonds is 7. The number of halogens is 1. The van der Waals surface area contributed by atoms with Crippen molar-refractivity contribution in [2.24, 2.45) is 5.92 Å². The third kappa shape index (κ3) is 6.53. The fourth-order valence-corrected chi connectivity index (χ4v) is 2.84. The molecule has 20 heavy (non-hydrogen) atoms. The first-order chi connectivity index (χ1) is 9.04. The monoisotopic (exact) mass is 316 g/mol. The van der Waals surface area contributed by atoms with E-state index in [1.165, 1.54) is 5.56 Å². The lowest BCUT2D eigenvalue weighted by atomic mass is 10.1. The van der Waals surface area contributed by atoms with Gasteiger partial charge in [0, 0.05) is 12.2 Å². The number of nitrogen functional groups attached to an aromatic ring is 1. The Morgan fingerprint density at radius 2 is 1.90 bits per heavy atom. The van der Waals surface area contributed by atoms with Crippen LogP contribution in [0.4, 0.5) is 5.69 Å². The standard InChI is InChI=1S/C15H24N2OS.ClH/c1-4-19-14(11(2)3)15(18)17-10-9-12-5-7-13(16)8-6-12;/h5-8,11,14H,4,9-10,16H2,1-3H3,(H,17,18);1H. The number of nitrogens with two attached hydrogens (primary N) is 1. The second-order valence-electron chi connectivity index (χ2n) is 4.90. The Balaban J connectivity index is 0.00000361. The van der Waals surface area contributed by atoms with Crippen molar-refractivity contribution in [3.05, 3.63) is 29.8 Å². The van der Waals surface area contributed by atoms with Crippen molar-refractivity contribution in [2.45, 2.75) is 32.4 Å². The summed E-state index contributed by atoms with van der Waals surface area (Å²) in [6.07, 6.45) is 0.841. The van der Waals surface area contributed by atoms with Crippen molar-refractivity contribution in [1.29, 1.82) is 0 Å². The predicted octanol–water partition coefficient (Wildman–Crippen LogP) is 3.13. The number of carbonyl (C=O) groups excluding carboxylic acids is 1. The minimum atomic E-state index is 0. The van der Waals surface area contributed by atoms with Crippen LogP contribution in [0, 0.1) is 5.92 Å². The fourth-order valence-electron chi connectivity index (χ4n) is 1.87. The average molecular weight is 317 g/mol. The Kier molecular flexibility index (Phi) is 9.51. The van der Waals surface area contributed by atoms with Crippen LogP contribution in [0.25, 0.3) is 0 Å². The molecule has 1 unspecified atom stereocenters. The maximum absolute atomic E-state index is 12.1. The molecule has 0 saturated carbocycles. The van der Waals surface area contributed by atoms with Gasteiger partial charge in [0.1, 0.15) is 0 Å². The van der Waals surface area contributed by atoms with Crippen LogP contribution in [-0.2, 0) is 11.2 Å². The van der Waals surface area contributed by atoms with Crippen LogP contribution in [0.5, 0.6) is 0 Å². The Bertz CT molecular complexity index is 395. The lowest BCUT2D eigenvalue weighted by molar-refractivity contribution is -0.121. The molecule has 3 nitrogen and oxygen atoms in total. The van der Waals surface area contributed by atoms with Crippen LogP contribution >= 0.6 is 24.2 Å². The number of carbonyl (C=O) groups is 1. The summed E-state index contributed by atoms with van der Waals surface area (Å²) in [5, 5.41) is 3.07. The van der Waals surface area contributed by atoms with Crippen LogP contribution < -0.4 is 11.1 Å². The highest BCUT2D eigenvalue weighted by Gasteiger charge is 2.21. The van der Waals surface area contributed by atoms with Gasteiger partial charge in [-0.15, -0.1) is 24.2 Å². The van der Waals surface area contributed by atoms with Crippen molar-refractivity contribution < 1.29 is 4.79 Å². The highest BCUT2D eigenvalue weighted by Crippen LogP contribution is 2.19. The lowest BCUT2D eigenvalue weighted by Crippen LogP contribution is -2.37. The van der Waals surface area contributed by atoms with E-state index in [4.69, 9.17) is 5.73 Å². The summed E-state index contributed by atoms with van der Waals surface area (Å²) >= 11 is 1.71. The van der Waals surface area contributed by atoms with Crippen molar-refractivity contribution in [3.63, 3.8) is 0 Å². The van der Waals surface area contributed by atoms with Gasteiger partial charge in [-0.2, -0.15) is 0 Å². The first kappa shape index (κ1) is 19.1. The molecule has 1 aromatic carbocycles. The van der Waals surface area contributed by atoms with E-state index in [1.54, 1.807) is 11.8 Å². The Hall–Kier alpha value is -0.870. The molecule has 3 N–H and O–H groups in total. The molecule has 0 bridgehead atoms. The molecule has 0 radical (unpaired) electrons. The van der Waals surface area contributed by atoms with Crippen LogP contribution in [0.1, 0.15) is 26.3 Å². The molecule has 114 valence electrons. The fraction of sp³-hybridized carbons (Fsp3) is 0.533. The second kappa shape index (κ2) is 9.94. The molecule has 1 atom stereocenters. The summed E-state index contributed by atoms with van der Waals surface area (Å²) in [5.41, 5.74) is 7.60. The van der Waals surface area contributed by atoms with Gasteiger partial charge < -0.3 is 11.1 Å². The molecule has 0 heterocycles. The van der Waals surface area contributed by atoms with E-state index < -0.39 is 0 Å². The summed E-state index contributed by atoms with van der Waals surface area (Å²) < 4.78 is 0. The number of amides is 1. The first-order valence-corrected chi connectivity index (χ1v) is 7.83. The number of nitrogens with one attached hydrogen (secondary N) is 1. The van der Waals surface area contributed by atoms with Crippen LogP contribution in [0.2, 0.25) is 0 Å². The summed E-state index contributed by atoms with van der Waals surface area (Å²) in [5.74, 6) is 1.48. The van der Waals surface area contributed by atoms with Crippen LogP contribution in [-0.4, -0.2) is 23.5 Å². The van der Waals surface area contributed by atoms with Crippen molar-refractivity contribution in [2.75, 3.05) is 18.0 Å². The molecule has 5 heteroatoms. The van der Waals surface area contributed by atoms with Gasteiger partial charge >= 0.3 is 0 Å². The van der Waals surface area contributed by atoms with E-state index in [0.29, 0.717) is 12.5 Å². The molecule has 0 aliphatic heterocycles. The molecule has 0 aliphatic rings. The van der Waals surface area contributed by atoms with Gasteiger partial charge in [0.15, 0.2) is 0 Å². The van der Waals surface area contributed by atoms with Gasteiger partial charge in [0.05, 0.1) is 5.25 Å². The molecule has 0 fully saturated rings. The number of benzene rings is 1. The maximum Gasteiger partial charge on any atom is 0.233 e. The Labute approximate surface area is 132 Å². The van der Waals surface area contributed by atoms with E-state index in [-0.39, 0.29) is 23.6 Å². The second-order valence-corrected chi connectivity index (χ2v) is 6.32. The topological polar surface area (TPSA) is 55.1 Å². The van der Waals surface area contributed by atoms with Crippen molar-refractivity contribution in [3.8, 4) is 0 Å². The van der Waals surface area contributed by atoms with Gasteiger partial charge in [0.2, 0.25) is 5.91 Å². The van der Waals surface area contributed by atoms with Gasteiger partial charge in [-0.25, -0.2) is 0 Å². The Morgan fingerprint density at radius 3 is 2.40 bits per heavy atom. The number of anilines is 1. The van der Waals surface area contributed by atoms with Gasteiger partial charge in [0.25, 0.3) is 0 Å². The van der Waals surface area contributed by atoms with Crippen molar-refractivity contribution >= 4 is 35.8 Å². The quantitative estimate of drug-likeness (QED) is 0.760. The SMILES string of the molecule is CCSC(C(=O)NCCc1ccc(N)cc1)C(C)C.Cl. The zero-order valence-corrected chi connectivity index (χ0v) is 14.0. The number of hydrogen-bond acceptors (Lipinski definition) is 3. The normalized spacial score (nSPS) is 11.8. The van der Waals surface area contributed by atoms with Gasteiger partial charge in [-0.3, -0.25) is 4.79 Å². The molecule has 0 aromatic heterocycles.